The minimum atomic E-state index is -0.657. The Hall–Kier alpha value is -2.41. The van der Waals surface area contributed by atoms with E-state index >= 15 is 0 Å². The standard InChI is InChI=1S/C10H7ClN4O3/c11-6-1-2-8(9(3-6)15(17)18)10(16)14-7-4-12-13-5-7/h1-5H,(H,12,13)(H,14,16). The smallest absolute Gasteiger partial charge is 0.283 e. The quantitative estimate of drug-likeness (QED) is 0.657. The van der Waals surface area contributed by atoms with Gasteiger partial charge in [0, 0.05) is 17.3 Å². The van der Waals surface area contributed by atoms with Gasteiger partial charge in [0.15, 0.2) is 0 Å². The monoisotopic (exact) mass is 266 g/mol. The van der Waals surface area contributed by atoms with Crippen LogP contribution in [0.15, 0.2) is 30.6 Å². The van der Waals surface area contributed by atoms with Crippen molar-refractivity contribution in [2.75, 3.05) is 5.32 Å². The summed E-state index contributed by atoms with van der Waals surface area (Å²) in [5.41, 5.74) is 0.0124. The molecule has 1 amide bonds. The van der Waals surface area contributed by atoms with Gasteiger partial charge in [0.1, 0.15) is 5.56 Å². The molecule has 0 saturated heterocycles. The summed E-state index contributed by atoms with van der Waals surface area (Å²) in [6.07, 6.45) is 2.85. The number of amides is 1. The summed E-state index contributed by atoms with van der Waals surface area (Å²) in [6, 6.07) is 3.85. The predicted molar refractivity (Wildman–Crippen MR) is 64.6 cm³/mol. The first kappa shape index (κ1) is 12.1. The van der Waals surface area contributed by atoms with Crippen LogP contribution in [0.3, 0.4) is 0 Å². The van der Waals surface area contributed by atoms with E-state index in [0.29, 0.717) is 5.69 Å². The van der Waals surface area contributed by atoms with E-state index in [2.05, 4.69) is 15.5 Å². The first-order valence-electron chi connectivity index (χ1n) is 4.82. The molecule has 0 fully saturated rings. The zero-order valence-electron chi connectivity index (χ0n) is 8.88. The molecule has 1 aromatic carbocycles. The molecule has 1 aromatic heterocycles. The Bertz CT molecular complexity index is 597. The van der Waals surface area contributed by atoms with E-state index in [-0.39, 0.29) is 16.3 Å². The molecule has 0 saturated carbocycles. The van der Waals surface area contributed by atoms with Crippen LogP contribution >= 0.6 is 11.6 Å². The Kier molecular flexibility index (Phi) is 3.24. The predicted octanol–water partition coefficient (Wildman–Crippen LogP) is 2.22. The van der Waals surface area contributed by atoms with E-state index in [1.54, 1.807) is 0 Å². The topological polar surface area (TPSA) is 101 Å². The second-order valence-electron chi connectivity index (χ2n) is 3.36. The number of hydrogen-bond acceptors (Lipinski definition) is 4. The molecule has 0 spiro atoms. The van der Waals surface area contributed by atoms with Crippen LogP contribution < -0.4 is 5.32 Å². The van der Waals surface area contributed by atoms with Crippen molar-refractivity contribution in [3.8, 4) is 0 Å². The first-order valence-corrected chi connectivity index (χ1v) is 5.20. The molecule has 1 heterocycles. The van der Waals surface area contributed by atoms with E-state index in [1.807, 2.05) is 0 Å². The Labute approximate surface area is 106 Å². The molecule has 2 rings (SSSR count). The summed E-state index contributed by atoms with van der Waals surface area (Å²) < 4.78 is 0. The van der Waals surface area contributed by atoms with E-state index in [9.17, 15) is 14.9 Å². The fraction of sp³-hybridized carbons (Fsp3) is 0. The van der Waals surface area contributed by atoms with Gasteiger partial charge in [-0.1, -0.05) is 11.6 Å². The van der Waals surface area contributed by atoms with Crippen molar-refractivity contribution in [3.63, 3.8) is 0 Å². The second kappa shape index (κ2) is 4.84. The molecule has 0 atom stereocenters. The third-order valence-corrected chi connectivity index (χ3v) is 2.39. The van der Waals surface area contributed by atoms with Crippen LogP contribution in [0.25, 0.3) is 0 Å². The van der Waals surface area contributed by atoms with Gasteiger partial charge >= 0.3 is 0 Å². The lowest BCUT2D eigenvalue weighted by Crippen LogP contribution is -2.13. The number of halogens is 1. The largest absolute Gasteiger partial charge is 0.319 e. The van der Waals surface area contributed by atoms with Gasteiger partial charge in [-0.3, -0.25) is 20.0 Å². The summed E-state index contributed by atoms with van der Waals surface area (Å²) in [6.45, 7) is 0. The minimum absolute atomic E-state index is 0.0643. The van der Waals surface area contributed by atoms with Crippen LogP contribution in [0.4, 0.5) is 11.4 Å². The fourth-order valence-electron chi connectivity index (χ4n) is 1.37. The van der Waals surface area contributed by atoms with Gasteiger partial charge in [0.05, 0.1) is 16.8 Å². The number of aromatic amines is 1. The summed E-state index contributed by atoms with van der Waals surface area (Å²) in [5, 5.41) is 19.7. The lowest BCUT2D eigenvalue weighted by molar-refractivity contribution is -0.385. The van der Waals surface area contributed by atoms with Crippen LogP contribution in [0.5, 0.6) is 0 Å². The molecule has 0 aliphatic rings. The number of carbonyl (C=O) groups excluding carboxylic acids is 1. The van der Waals surface area contributed by atoms with E-state index < -0.39 is 10.8 Å². The molecule has 18 heavy (non-hydrogen) atoms. The van der Waals surface area contributed by atoms with Crippen LogP contribution in [-0.4, -0.2) is 21.0 Å². The average Bonchev–Trinajstić information content (AvgIpc) is 2.81. The Morgan fingerprint density at radius 2 is 2.28 bits per heavy atom. The number of carbonyl (C=O) groups is 1. The molecule has 0 aliphatic carbocycles. The van der Waals surface area contributed by atoms with Gasteiger partial charge in [-0.05, 0) is 12.1 Å². The number of benzene rings is 1. The molecule has 0 aliphatic heterocycles. The van der Waals surface area contributed by atoms with Crippen molar-refractivity contribution in [1.29, 1.82) is 0 Å². The fourth-order valence-corrected chi connectivity index (χ4v) is 1.53. The lowest BCUT2D eigenvalue weighted by Gasteiger charge is -2.03. The molecule has 2 N–H and O–H groups in total. The van der Waals surface area contributed by atoms with Gasteiger partial charge in [-0.25, -0.2) is 0 Å². The molecule has 2 aromatic rings. The maximum absolute atomic E-state index is 11.8. The lowest BCUT2D eigenvalue weighted by atomic mass is 10.1. The molecule has 0 bridgehead atoms. The Morgan fingerprint density at radius 3 is 2.89 bits per heavy atom. The van der Waals surface area contributed by atoms with Crippen molar-refractivity contribution < 1.29 is 9.72 Å². The van der Waals surface area contributed by atoms with Crippen molar-refractivity contribution >= 4 is 28.9 Å². The summed E-state index contributed by atoms with van der Waals surface area (Å²) in [5.74, 6) is -0.597. The van der Waals surface area contributed by atoms with Gasteiger partial charge in [-0.15, -0.1) is 0 Å². The highest BCUT2D eigenvalue weighted by atomic mass is 35.5. The summed E-state index contributed by atoms with van der Waals surface area (Å²) >= 11 is 5.66. The first-order chi connectivity index (χ1) is 8.58. The number of aromatic nitrogens is 2. The molecular formula is C10H7ClN4O3. The van der Waals surface area contributed by atoms with Crippen molar-refractivity contribution in [2.45, 2.75) is 0 Å². The number of hydrogen-bond donors (Lipinski definition) is 2. The number of nitrogens with one attached hydrogen (secondary N) is 2. The summed E-state index contributed by atoms with van der Waals surface area (Å²) in [7, 11) is 0. The molecule has 0 radical (unpaired) electrons. The van der Waals surface area contributed by atoms with E-state index in [4.69, 9.17) is 11.6 Å². The van der Waals surface area contributed by atoms with Gasteiger partial charge in [0.25, 0.3) is 11.6 Å². The number of rotatable bonds is 3. The number of nitro benzene ring substituents is 1. The zero-order chi connectivity index (χ0) is 13.1. The van der Waals surface area contributed by atoms with E-state index in [0.717, 1.165) is 6.07 Å². The van der Waals surface area contributed by atoms with Crippen molar-refractivity contribution in [1.82, 2.24) is 10.2 Å². The number of nitro groups is 1. The molecule has 8 heteroatoms. The second-order valence-corrected chi connectivity index (χ2v) is 3.80. The van der Waals surface area contributed by atoms with Crippen LogP contribution in [-0.2, 0) is 0 Å². The average molecular weight is 267 g/mol. The van der Waals surface area contributed by atoms with Crippen LogP contribution in [0, 0.1) is 10.1 Å². The molecular weight excluding hydrogens is 260 g/mol. The maximum atomic E-state index is 11.8. The van der Waals surface area contributed by atoms with Crippen molar-refractivity contribution in [2.24, 2.45) is 0 Å². The molecule has 0 unspecified atom stereocenters. The van der Waals surface area contributed by atoms with Crippen molar-refractivity contribution in [3.05, 3.63) is 51.3 Å². The number of anilines is 1. The highest BCUT2D eigenvalue weighted by Gasteiger charge is 2.20. The SMILES string of the molecule is O=C(Nc1cn[nH]c1)c1ccc(Cl)cc1[N+](=O)[O-]. The van der Waals surface area contributed by atoms with Gasteiger partial charge in [0.2, 0.25) is 0 Å². The number of H-pyrrole nitrogens is 1. The van der Waals surface area contributed by atoms with E-state index in [1.165, 1.54) is 24.5 Å². The highest BCUT2D eigenvalue weighted by Crippen LogP contribution is 2.23. The number of nitrogens with zero attached hydrogens (tertiary/aromatic N) is 2. The van der Waals surface area contributed by atoms with Gasteiger partial charge in [-0.2, -0.15) is 5.10 Å². The van der Waals surface area contributed by atoms with Gasteiger partial charge < -0.3 is 5.32 Å². The molecule has 92 valence electrons. The Balaban J connectivity index is 2.32. The normalized spacial score (nSPS) is 10.1. The van der Waals surface area contributed by atoms with Crippen LogP contribution in [0.1, 0.15) is 10.4 Å². The maximum Gasteiger partial charge on any atom is 0.283 e. The Morgan fingerprint density at radius 1 is 1.50 bits per heavy atom. The third-order valence-electron chi connectivity index (χ3n) is 2.16. The third kappa shape index (κ3) is 2.46. The molecule has 7 nitrogen and oxygen atoms in total. The summed E-state index contributed by atoms with van der Waals surface area (Å²) in [4.78, 5) is 22.0. The minimum Gasteiger partial charge on any atom is -0.319 e. The zero-order valence-corrected chi connectivity index (χ0v) is 9.64. The highest BCUT2D eigenvalue weighted by molar-refractivity contribution is 6.31. The van der Waals surface area contributed by atoms with Crippen LogP contribution in [0.2, 0.25) is 5.02 Å².